The fraction of sp³-hybridized carbons (Fsp3) is 0.429. The maximum absolute atomic E-state index is 10.8. The second-order valence-corrected chi connectivity index (χ2v) is 6.37. The summed E-state index contributed by atoms with van der Waals surface area (Å²) in [5.41, 5.74) is 5.34. The summed E-state index contributed by atoms with van der Waals surface area (Å²) in [4.78, 5) is 21.1. The number of ether oxygens (including phenoxy) is 1. The van der Waals surface area contributed by atoms with Gasteiger partial charge in [0.1, 0.15) is 6.20 Å². The Balaban J connectivity index is 1.79. The molecule has 128 valence electrons. The lowest BCUT2D eigenvalue weighted by atomic mass is 10.1. The number of nitrogen functional groups attached to an aromatic ring is 1. The molecule has 2 unspecified atom stereocenters. The average molecular weight is 351 g/mol. The van der Waals surface area contributed by atoms with Crippen molar-refractivity contribution in [2.45, 2.75) is 18.6 Å². The summed E-state index contributed by atoms with van der Waals surface area (Å²) < 4.78 is 5.50. The molecule has 0 aromatic carbocycles. The van der Waals surface area contributed by atoms with E-state index in [1.54, 1.807) is 0 Å². The minimum atomic E-state index is -0.616. The van der Waals surface area contributed by atoms with Crippen molar-refractivity contribution in [1.82, 2.24) is 9.97 Å². The second kappa shape index (κ2) is 7.07. The number of hydrogen-bond acceptors (Lipinski definition) is 9. The highest BCUT2D eigenvalue weighted by atomic mass is 32.1. The fourth-order valence-corrected chi connectivity index (χ4v) is 3.35. The van der Waals surface area contributed by atoms with Gasteiger partial charge in [0.2, 0.25) is 11.8 Å². The summed E-state index contributed by atoms with van der Waals surface area (Å²) in [5, 5.41) is 23.1. The van der Waals surface area contributed by atoms with Gasteiger partial charge in [0.25, 0.3) is 0 Å². The van der Waals surface area contributed by atoms with Gasteiger partial charge < -0.3 is 20.5 Å². The van der Waals surface area contributed by atoms with Gasteiger partial charge in [-0.05, 0) is 11.4 Å². The number of nitro groups is 1. The number of morpholine rings is 1. The van der Waals surface area contributed by atoms with E-state index in [0.29, 0.717) is 32.1 Å². The van der Waals surface area contributed by atoms with Crippen LogP contribution in [0.2, 0.25) is 0 Å². The molecule has 2 aromatic heterocycles. The topological polar surface area (TPSA) is 128 Å². The lowest BCUT2D eigenvalue weighted by Gasteiger charge is -2.36. The van der Waals surface area contributed by atoms with Gasteiger partial charge in [-0.1, -0.05) is 6.07 Å². The summed E-state index contributed by atoms with van der Waals surface area (Å²) >= 11 is 1.49. The molecule has 2 aromatic rings. The van der Waals surface area contributed by atoms with Gasteiger partial charge >= 0.3 is 5.69 Å². The van der Waals surface area contributed by atoms with Crippen molar-refractivity contribution < 1.29 is 14.8 Å². The lowest BCUT2D eigenvalue weighted by Crippen LogP contribution is -2.47. The van der Waals surface area contributed by atoms with Crippen LogP contribution in [0.3, 0.4) is 0 Å². The standard InChI is InChI=1S/C14H17N5O4S/c15-13-10(19(21)22)7-16-14(17-13)18-3-4-23-8-9(18)6-11(20)12-2-1-5-24-12/h1-2,5,7,9,11,20H,3-4,6,8H2,(H2,15,16,17). The van der Waals surface area contributed by atoms with Crippen molar-refractivity contribution in [2.24, 2.45) is 0 Å². The number of hydrogen-bond donors (Lipinski definition) is 2. The third kappa shape index (κ3) is 3.45. The van der Waals surface area contributed by atoms with E-state index in [1.807, 2.05) is 22.4 Å². The molecular formula is C14H17N5O4S. The molecule has 10 heteroatoms. The predicted molar refractivity (Wildman–Crippen MR) is 88.9 cm³/mol. The van der Waals surface area contributed by atoms with Crippen LogP contribution in [-0.2, 0) is 4.74 Å². The van der Waals surface area contributed by atoms with Crippen molar-refractivity contribution in [1.29, 1.82) is 0 Å². The molecule has 0 radical (unpaired) electrons. The van der Waals surface area contributed by atoms with Gasteiger partial charge in [0, 0.05) is 17.8 Å². The Morgan fingerprint density at radius 3 is 3.12 bits per heavy atom. The highest BCUT2D eigenvalue weighted by molar-refractivity contribution is 7.10. The summed E-state index contributed by atoms with van der Waals surface area (Å²) in [6.07, 6.45) is 0.940. The van der Waals surface area contributed by atoms with Crippen LogP contribution in [0.4, 0.5) is 17.5 Å². The summed E-state index contributed by atoms with van der Waals surface area (Å²) in [6.45, 7) is 1.44. The third-order valence-corrected chi connectivity index (χ3v) is 4.81. The molecule has 0 amide bonds. The van der Waals surface area contributed by atoms with Crippen molar-refractivity contribution in [3.05, 3.63) is 38.7 Å². The Bertz CT molecular complexity index is 711. The van der Waals surface area contributed by atoms with Crippen LogP contribution in [0.25, 0.3) is 0 Å². The molecule has 0 saturated carbocycles. The number of aliphatic hydroxyl groups is 1. The number of nitrogens with two attached hydrogens (primary N) is 1. The van der Waals surface area contributed by atoms with E-state index < -0.39 is 11.0 Å². The quantitative estimate of drug-likeness (QED) is 0.610. The SMILES string of the molecule is Nc1nc(N2CCOCC2CC(O)c2cccs2)ncc1[N+](=O)[O-]. The van der Waals surface area contributed by atoms with Crippen molar-refractivity contribution in [3.8, 4) is 0 Å². The first-order chi connectivity index (χ1) is 11.6. The Hall–Kier alpha value is -2.30. The molecule has 0 aliphatic carbocycles. The minimum absolute atomic E-state index is 0.142. The van der Waals surface area contributed by atoms with Gasteiger partial charge in [-0.3, -0.25) is 10.1 Å². The smallest absolute Gasteiger partial charge is 0.329 e. The number of anilines is 2. The van der Waals surface area contributed by atoms with Gasteiger partial charge in [-0.25, -0.2) is 4.98 Å². The Morgan fingerprint density at radius 1 is 1.62 bits per heavy atom. The molecule has 24 heavy (non-hydrogen) atoms. The maximum Gasteiger partial charge on any atom is 0.329 e. The zero-order valence-electron chi connectivity index (χ0n) is 12.7. The minimum Gasteiger partial charge on any atom is -0.387 e. The maximum atomic E-state index is 10.8. The van der Waals surface area contributed by atoms with E-state index >= 15 is 0 Å². The molecule has 1 fully saturated rings. The lowest BCUT2D eigenvalue weighted by molar-refractivity contribution is -0.384. The molecule has 0 spiro atoms. The Labute approximate surface area is 141 Å². The van der Waals surface area contributed by atoms with Crippen LogP contribution in [0.1, 0.15) is 17.4 Å². The Morgan fingerprint density at radius 2 is 2.46 bits per heavy atom. The van der Waals surface area contributed by atoms with Crippen molar-refractivity contribution in [2.75, 3.05) is 30.4 Å². The molecule has 1 aliphatic rings. The fourth-order valence-electron chi connectivity index (χ4n) is 2.63. The summed E-state index contributed by atoms with van der Waals surface area (Å²) in [7, 11) is 0. The highest BCUT2D eigenvalue weighted by Gasteiger charge is 2.29. The van der Waals surface area contributed by atoms with Crippen molar-refractivity contribution in [3.63, 3.8) is 0 Å². The molecule has 1 saturated heterocycles. The molecule has 3 rings (SSSR count). The molecule has 3 heterocycles. The van der Waals surface area contributed by atoms with E-state index in [2.05, 4.69) is 9.97 Å². The monoisotopic (exact) mass is 351 g/mol. The van der Waals surface area contributed by atoms with Crippen LogP contribution in [0.5, 0.6) is 0 Å². The molecule has 2 atom stereocenters. The van der Waals surface area contributed by atoms with Gasteiger partial charge in [-0.15, -0.1) is 11.3 Å². The van der Waals surface area contributed by atoms with Crippen LogP contribution < -0.4 is 10.6 Å². The highest BCUT2D eigenvalue weighted by Crippen LogP contribution is 2.28. The molecule has 9 nitrogen and oxygen atoms in total. The molecular weight excluding hydrogens is 334 g/mol. The zero-order chi connectivity index (χ0) is 17.1. The van der Waals surface area contributed by atoms with E-state index in [-0.39, 0.29) is 17.5 Å². The van der Waals surface area contributed by atoms with E-state index in [0.717, 1.165) is 11.1 Å². The van der Waals surface area contributed by atoms with Crippen LogP contribution in [0.15, 0.2) is 23.7 Å². The molecule has 0 bridgehead atoms. The normalized spacial score (nSPS) is 19.2. The number of rotatable bonds is 5. The van der Waals surface area contributed by atoms with Crippen LogP contribution in [-0.4, -0.2) is 45.8 Å². The first-order valence-corrected chi connectivity index (χ1v) is 8.27. The largest absolute Gasteiger partial charge is 0.387 e. The second-order valence-electron chi connectivity index (χ2n) is 5.39. The van der Waals surface area contributed by atoms with Crippen molar-refractivity contribution >= 4 is 28.8 Å². The molecule has 3 N–H and O–H groups in total. The summed E-state index contributed by atoms with van der Waals surface area (Å²) in [5.74, 6) is 0.138. The number of aromatic nitrogens is 2. The first kappa shape index (κ1) is 16.6. The predicted octanol–water partition coefficient (Wildman–Crippen LogP) is 1.36. The number of aliphatic hydroxyl groups excluding tert-OH is 1. The van der Waals surface area contributed by atoms with Crippen LogP contribution in [0, 0.1) is 10.1 Å². The van der Waals surface area contributed by atoms with E-state index in [4.69, 9.17) is 10.5 Å². The average Bonchev–Trinajstić information content (AvgIpc) is 3.09. The van der Waals surface area contributed by atoms with E-state index in [1.165, 1.54) is 11.3 Å². The number of nitrogens with zero attached hydrogens (tertiary/aromatic N) is 4. The Kier molecular flexibility index (Phi) is 4.88. The van der Waals surface area contributed by atoms with Crippen LogP contribution >= 0.6 is 11.3 Å². The van der Waals surface area contributed by atoms with Gasteiger partial charge in [0.15, 0.2) is 0 Å². The molecule has 1 aliphatic heterocycles. The third-order valence-electron chi connectivity index (χ3n) is 3.83. The van der Waals surface area contributed by atoms with Gasteiger partial charge in [0.05, 0.1) is 30.3 Å². The zero-order valence-corrected chi connectivity index (χ0v) is 13.6. The first-order valence-electron chi connectivity index (χ1n) is 7.39. The van der Waals surface area contributed by atoms with E-state index in [9.17, 15) is 15.2 Å². The van der Waals surface area contributed by atoms with Gasteiger partial charge in [-0.2, -0.15) is 4.98 Å². The number of thiophene rings is 1. The summed E-state index contributed by atoms with van der Waals surface area (Å²) in [6, 6.07) is 3.62.